The van der Waals surface area contributed by atoms with E-state index in [2.05, 4.69) is 15.6 Å². The van der Waals surface area contributed by atoms with Crippen LogP contribution in [0.4, 0.5) is 10.1 Å². The highest BCUT2D eigenvalue weighted by molar-refractivity contribution is 6.01. The molecule has 3 rings (SSSR count). The third-order valence-electron chi connectivity index (χ3n) is 4.05. The summed E-state index contributed by atoms with van der Waals surface area (Å²) in [6, 6.07) is 9.18. The molecule has 3 aromatic rings. The van der Waals surface area contributed by atoms with Crippen LogP contribution >= 0.6 is 0 Å². The van der Waals surface area contributed by atoms with Crippen LogP contribution < -0.4 is 5.32 Å². The molecule has 1 heterocycles. The Labute approximate surface area is 149 Å². The molecular formula is C18H18FN5O2. The van der Waals surface area contributed by atoms with E-state index < -0.39 is 0 Å². The van der Waals surface area contributed by atoms with E-state index in [0.717, 1.165) is 5.52 Å². The molecule has 2 amide bonds. The Kier molecular flexibility index (Phi) is 4.66. The predicted molar refractivity (Wildman–Crippen MR) is 95.2 cm³/mol. The van der Waals surface area contributed by atoms with Gasteiger partial charge in [-0.05, 0) is 48.9 Å². The largest absolute Gasteiger partial charge is 0.332 e. The number of carbonyl (C=O) groups is 2. The fourth-order valence-corrected chi connectivity index (χ4v) is 2.64. The van der Waals surface area contributed by atoms with E-state index in [0.29, 0.717) is 22.3 Å². The summed E-state index contributed by atoms with van der Waals surface area (Å²) in [7, 11) is 3.31. The maximum Gasteiger partial charge on any atom is 0.254 e. The number of fused-ring (bicyclic) bond motifs is 1. The number of rotatable bonds is 4. The van der Waals surface area contributed by atoms with Gasteiger partial charge in [0.2, 0.25) is 5.91 Å². The van der Waals surface area contributed by atoms with Gasteiger partial charge in [0.1, 0.15) is 11.3 Å². The highest BCUT2D eigenvalue weighted by Crippen LogP contribution is 2.16. The molecular weight excluding hydrogens is 337 g/mol. The Morgan fingerprint density at radius 1 is 1.23 bits per heavy atom. The molecule has 0 bridgehead atoms. The number of benzene rings is 2. The standard InChI is InChI=1S/C18H18FN5O2/c1-11-8-13(19)5-6-14(11)20-17(25)10-23(2)18(26)12-4-7-16-15(9-12)21-22-24(16)3/h4-9H,10H2,1-3H3,(H,20,25). The number of nitrogens with zero attached hydrogens (tertiary/aromatic N) is 4. The number of halogens is 1. The molecule has 0 aliphatic carbocycles. The van der Waals surface area contributed by atoms with Crippen LogP contribution in [-0.2, 0) is 11.8 Å². The first-order valence-corrected chi connectivity index (χ1v) is 7.96. The smallest absolute Gasteiger partial charge is 0.254 e. The lowest BCUT2D eigenvalue weighted by Gasteiger charge is -2.17. The molecule has 0 unspecified atom stereocenters. The van der Waals surface area contributed by atoms with Crippen molar-refractivity contribution >= 4 is 28.5 Å². The lowest BCUT2D eigenvalue weighted by Crippen LogP contribution is -2.35. The summed E-state index contributed by atoms with van der Waals surface area (Å²) >= 11 is 0. The van der Waals surface area contributed by atoms with Gasteiger partial charge in [0.05, 0.1) is 12.1 Å². The molecule has 26 heavy (non-hydrogen) atoms. The lowest BCUT2D eigenvalue weighted by molar-refractivity contribution is -0.116. The Hall–Kier alpha value is -3.29. The van der Waals surface area contributed by atoms with Gasteiger partial charge in [-0.25, -0.2) is 9.07 Å². The summed E-state index contributed by atoms with van der Waals surface area (Å²) < 4.78 is 14.7. The summed E-state index contributed by atoms with van der Waals surface area (Å²) in [6.45, 7) is 1.57. The van der Waals surface area contributed by atoms with E-state index >= 15 is 0 Å². The van der Waals surface area contributed by atoms with Crippen molar-refractivity contribution < 1.29 is 14.0 Å². The van der Waals surface area contributed by atoms with Crippen molar-refractivity contribution in [1.82, 2.24) is 19.9 Å². The van der Waals surface area contributed by atoms with E-state index in [4.69, 9.17) is 0 Å². The molecule has 0 saturated carbocycles. The monoisotopic (exact) mass is 355 g/mol. The molecule has 1 aromatic heterocycles. The second kappa shape index (κ2) is 6.91. The van der Waals surface area contributed by atoms with Crippen molar-refractivity contribution in [3.63, 3.8) is 0 Å². The molecule has 0 aliphatic heterocycles. The van der Waals surface area contributed by atoms with E-state index in [1.807, 2.05) is 0 Å². The van der Waals surface area contributed by atoms with Gasteiger partial charge >= 0.3 is 0 Å². The van der Waals surface area contributed by atoms with Crippen LogP contribution in [0.3, 0.4) is 0 Å². The molecule has 0 radical (unpaired) electrons. The predicted octanol–water partition coefficient (Wildman–Crippen LogP) is 2.13. The number of aryl methyl sites for hydroxylation is 2. The van der Waals surface area contributed by atoms with Crippen molar-refractivity contribution in [1.29, 1.82) is 0 Å². The Bertz CT molecular complexity index is 998. The van der Waals surface area contributed by atoms with Crippen molar-refractivity contribution in [2.24, 2.45) is 7.05 Å². The number of amides is 2. The van der Waals surface area contributed by atoms with Crippen LogP contribution in [0.2, 0.25) is 0 Å². The Balaban J connectivity index is 1.68. The van der Waals surface area contributed by atoms with E-state index in [1.165, 1.54) is 23.1 Å². The normalized spacial score (nSPS) is 10.8. The van der Waals surface area contributed by atoms with Crippen LogP contribution in [0.5, 0.6) is 0 Å². The zero-order valence-electron chi connectivity index (χ0n) is 14.7. The third-order valence-corrected chi connectivity index (χ3v) is 4.05. The van der Waals surface area contributed by atoms with Crippen LogP contribution in [0.1, 0.15) is 15.9 Å². The zero-order valence-corrected chi connectivity index (χ0v) is 14.7. The maximum absolute atomic E-state index is 13.1. The van der Waals surface area contributed by atoms with Gasteiger partial charge in [0.15, 0.2) is 0 Å². The zero-order chi connectivity index (χ0) is 18.8. The molecule has 0 atom stereocenters. The van der Waals surface area contributed by atoms with Gasteiger partial charge in [-0.3, -0.25) is 9.59 Å². The maximum atomic E-state index is 13.1. The van der Waals surface area contributed by atoms with Crippen LogP contribution in [0.15, 0.2) is 36.4 Å². The number of aromatic nitrogens is 3. The SMILES string of the molecule is Cc1cc(F)ccc1NC(=O)CN(C)C(=O)c1ccc2c(c1)nnn2C. The van der Waals surface area contributed by atoms with Gasteiger partial charge in [-0.2, -0.15) is 0 Å². The summed E-state index contributed by atoms with van der Waals surface area (Å²) in [4.78, 5) is 26.0. The first kappa shape index (κ1) is 17.5. The van der Waals surface area contributed by atoms with Gasteiger partial charge in [0, 0.05) is 25.3 Å². The Morgan fingerprint density at radius 3 is 2.73 bits per heavy atom. The number of anilines is 1. The minimum absolute atomic E-state index is 0.131. The van der Waals surface area contributed by atoms with Crippen LogP contribution in [-0.4, -0.2) is 45.3 Å². The van der Waals surface area contributed by atoms with Crippen molar-refractivity contribution in [3.8, 4) is 0 Å². The molecule has 0 spiro atoms. The average Bonchev–Trinajstić information content (AvgIpc) is 2.97. The number of nitrogens with one attached hydrogen (secondary N) is 1. The fraction of sp³-hybridized carbons (Fsp3) is 0.222. The summed E-state index contributed by atoms with van der Waals surface area (Å²) in [5, 5.41) is 10.6. The van der Waals surface area contributed by atoms with Crippen LogP contribution in [0.25, 0.3) is 11.0 Å². The second-order valence-corrected chi connectivity index (χ2v) is 6.09. The summed E-state index contributed by atoms with van der Waals surface area (Å²) in [6.07, 6.45) is 0. The van der Waals surface area contributed by atoms with Gasteiger partial charge in [0.25, 0.3) is 5.91 Å². The molecule has 0 saturated heterocycles. The van der Waals surface area contributed by atoms with Crippen molar-refractivity contribution in [3.05, 3.63) is 53.3 Å². The minimum atomic E-state index is -0.368. The highest BCUT2D eigenvalue weighted by Gasteiger charge is 2.17. The first-order valence-electron chi connectivity index (χ1n) is 7.96. The van der Waals surface area contributed by atoms with Gasteiger partial charge in [-0.15, -0.1) is 5.10 Å². The summed E-state index contributed by atoms with van der Waals surface area (Å²) in [5.74, 6) is -1.04. The second-order valence-electron chi connectivity index (χ2n) is 6.09. The fourth-order valence-electron chi connectivity index (χ4n) is 2.64. The quantitative estimate of drug-likeness (QED) is 0.777. The van der Waals surface area contributed by atoms with Gasteiger partial charge < -0.3 is 10.2 Å². The number of carbonyl (C=O) groups excluding carboxylic acids is 2. The number of hydrogen-bond acceptors (Lipinski definition) is 4. The lowest BCUT2D eigenvalue weighted by atomic mass is 10.1. The van der Waals surface area contributed by atoms with Crippen LogP contribution in [0, 0.1) is 12.7 Å². The molecule has 134 valence electrons. The molecule has 0 fully saturated rings. The number of likely N-dealkylation sites (N-methyl/N-ethyl adjacent to an activating group) is 1. The molecule has 8 heteroatoms. The van der Waals surface area contributed by atoms with E-state index in [-0.39, 0.29) is 24.2 Å². The third kappa shape index (κ3) is 3.53. The van der Waals surface area contributed by atoms with Gasteiger partial charge in [-0.1, -0.05) is 5.21 Å². The molecule has 7 nitrogen and oxygen atoms in total. The Morgan fingerprint density at radius 2 is 2.00 bits per heavy atom. The highest BCUT2D eigenvalue weighted by atomic mass is 19.1. The first-order chi connectivity index (χ1) is 12.3. The number of hydrogen-bond donors (Lipinski definition) is 1. The molecule has 1 N–H and O–H groups in total. The average molecular weight is 355 g/mol. The van der Waals surface area contributed by atoms with E-state index in [1.54, 1.807) is 43.9 Å². The molecule has 2 aromatic carbocycles. The van der Waals surface area contributed by atoms with Crippen molar-refractivity contribution in [2.75, 3.05) is 18.9 Å². The topological polar surface area (TPSA) is 80.1 Å². The van der Waals surface area contributed by atoms with E-state index in [9.17, 15) is 14.0 Å². The minimum Gasteiger partial charge on any atom is -0.332 e. The van der Waals surface area contributed by atoms with Crippen molar-refractivity contribution in [2.45, 2.75) is 6.92 Å². The summed E-state index contributed by atoms with van der Waals surface area (Å²) in [5.41, 5.74) is 2.97. The molecule has 0 aliphatic rings.